The van der Waals surface area contributed by atoms with E-state index in [2.05, 4.69) is 30.1 Å². The molecule has 11 nitrogen and oxygen atoms in total. The summed E-state index contributed by atoms with van der Waals surface area (Å²) in [7, 11) is 2.66. The highest BCUT2D eigenvalue weighted by atomic mass is 16.6. The van der Waals surface area contributed by atoms with E-state index in [1.165, 1.54) is 14.2 Å². The molecule has 0 spiro atoms. The van der Waals surface area contributed by atoms with Crippen LogP contribution in [0, 0.1) is 10.1 Å². The quantitative estimate of drug-likeness (QED) is 0.457. The zero-order valence-electron chi connectivity index (χ0n) is 10.5. The Bertz CT molecular complexity index is 668. The van der Waals surface area contributed by atoms with Crippen molar-refractivity contribution in [1.29, 1.82) is 0 Å². The van der Waals surface area contributed by atoms with Crippen molar-refractivity contribution >= 4 is 17.5 Å². The van der Waals surface area contributed by atoms with Gasteiger partial charge in [0, 0.05) is 7.05 Å². The number of ether oxygens (including phenoxy) is 1. The van der Waals surface area contributed by atoms with Crippen LogP contribution in [0.3, 0.4) is 0 Å². The van der Waals surface area contributed by atoms with Crippen molar-refractivity contribution < 1.29 is 14.5 Å². The lowest BCUT2D eigenvalue weighted by molar-refractivity contribution is -0.384. The van der Waals surface area contributed by atoms with Crippen LogP contribution in [0.25, 0.3) is 5.82 Å². The highest BCUT2D eigenvalue weighted by Crippen LogP contribution is 2.26. The van der Waals surface area contributed by atoms with Crippen LogP contribution in [0.1, 0.15) is 10.6 Å². The molecule has 0 fully saturated rings. The summed E-state index contributed by atoms with van der Waals surface area (Å²) < 4.78 is 5.46. The first-order chi connectivity index (χ1) is 9.58. The van der Waals surface area contributed by atoms with Crippen LogP contribution < -0.4 is 5.32 Å². The SMILES string of the molecule is CNc1ncnc(-n2cnc(C(=O)OC)n2)c1[N+](=O)[O-]. The van der Waals surface area contributed by atoms with E-state index in [1.54, 1.807) is 0 Å². The minimum atomic E-state index is -0.755. The van der Waals surface area contributed by atoms with Crippen molar-refractivity contribution in [3.63, 3.8) is 0 Å². The van der Waals surface area contributed by atoms with Gasteiger partial charge < -0.3 is 10.1 Å². The molecule has 0 unspecified atom stereocenters. The lowest BCUT2D eigenvalue weighted by Crippen LogP contribution is -2.09. The average molecular weight is 279 g/mol. The van der Waals surface area contributed by atoms with E-state index < -0.39 is 10.9 Å². The largest absolute Gasteiger partial charge is 0.463 e. The fourth-order valence-corrected chi connectivity index (χ4v) is 1.44. The predicted octanol–water partition coefficient (Wildman–Crippen LogP) is -0.206. The molecular formula is C9H9N7O4. The molecule has 0 aliphatic carbocycles. The van der Waals surface area contributed by atoms with Gasteiger partial charge in [0.15, 0.2) is 0 Å². The number of anilines is 1. The van der Waals surface area contributed by atoms with Gasteiger partial charge in [0.05, 0.1) is 12.0 Å². The molecule has 0 aliphatic rings. The first-order valence-electron chi connectivity index (χ1n) is 5.26. The third kappa shape index (κ3) is 2.23. The molecule has 0 radical (unpaired) electrons. The van der Waals surface area contributed by atoms with Gasteiger partial charge in [-0.2, -0.15) is 4.68 Å². The first-order valence-corrected chi connectivity index (χ1v) is 5.26. The number of carbonyl (C=O) groups is 1. The summed E-state index contributed by atoms with van der Waals surface area (Å²) in [5, 5.41) is 17.5. The number of nitrogens with one attached hydrogen (secondary N) is 1. The number of nitrogens with zero attached hydrogens (tertiary/aromatic N) is 6. The second kappa shape index (κ2) is 5.26. The third-order valence-corrected chi connectivity index (χ3v) is 2.30. The van der Waals surface area contributed by atoms with Crippen LogP contribution in [0.5, 0.6) is 0 Å². The number of rotatable bonds is 4. The smallest absolute Gasteiger partial charge is 0.377 e. The Morgan fingerprint density at radius 3 is 2.80 bits per heavy atom. The molecule has 2 aromatic rings. The van der Waals surface area contributed by atoms with Crippen LogP contribution in [-0.2, 0) is 4.74 Å². The monoisotopic (exact) mass is 279 g/mol. The highest BCUT2D eigenvalue weighted by molar-refractivity contribution is 5.84. The van der Waals surface area contributed by atoms with Gasteiger partial charge in [-0.15, -0.1) is 5.10 Å². The molecular weight excluding hydrogens is 270 g/mol. The Labute approximate surface area is 111 Å². The Hall–Kier alpha value is -3.11. The zero-order chi connectivity index (χ0) is 14.7. The van der Waals surface area contributed by atoms with Crippen LogP contribution in [-0.4, -0.2) is 49.8 Å². The Morgan fingerprint density at radius 2 is 2.20 bits per heavy atom. The van der Waals surface area contributed by atoms with Crippen molar-refractivity contribution in [2.45, 2.75) is 0 Å². The molecule has 0 amide bonds. The second-order valence-corrected chi connectivity index (χ2v) is 3.41. The minimum Gasteiger partial charge on any atom is -0.463 e. The number of esters is 1. The molecule has 20 heavy (non-hydrogen) atoms. The lowest BCUT2D eigenvalue weighted by atomic mass is 10.4. The second-order valence-electron chi connectivity index (χ2n) is 3.41. The number of hydrogen-bond acceptors (Lipinski definition) is 9. The van der Waals surface area contributed by atoms with Gasteiger partial charge in [-0.1, -0.05) is 0 Å². The minimum absolute atomic E-state index is 0.0233. The Kier molecular flexibility index (Phi) is 3.50. The van der Waals surface area contributed by atoms with Gasteiger partial charge in [0.1, 0.15) is 12.7 Å². The van der Waals surface area contributed by atoms with E-state index in [1.807, 2.05) is 0 Å². The maximum Gasteiger partial charge on any atom is 0.377 e. The van der Waals surface area contributed by atoms with Gasteiger partial charge in [-0.25, -0.2) is 19.7 Å². The lowest BCUT2D eigenvalue weighted by Gasteiger charge is -2.04. The highest BCUT2D eigenvalue weighted by Gasteiger charge is 2.25. The molecule has 0 aromatic carbocycles. The van der Waals surface area contributed by atoms with E-state index in [9.17, 15) is 14.9 Å². The van der Waals surface area contributed by atoms with E-state index in [4.69, 9.17) is 0 Å². The number of carbonyl (C=O) groups excluding carboxylic acids is 1. The van der Waals surface area contributed by atoms with Crippen molar-refractivity contribution in [2.24, 2.45) is 0 Å². The van der Waals surface area contributed by atoms with Gasteiger partial charge in [0.25, 0.3) is 5.82 Å². The van der Waals surface area contributed by atoms with Crippen molar-refractivity contribution in [2.75, 3.05) is 19.5 Å². The molecule has 0 atom stereocenters. The molecule has 2 rings (SSSR count). The molecule has 1 N–H and O–H groups in total. The summed E-state index contributed by atoms with van der Waals surface area (Å²) in [6.07, 6.45) is 2.26. The molecule has 0 saturated carbocycles. The number of hydrogen-bond donors (Lipinski definition) is 1. The maximum absolute atomic E-state index is 11.3. The van der Waals surface area contributed by atoms with Gasteiger partial charge in [0.2, 0.25) is 11.6 Å². The Morgan fingerprint density at radius 1 is 1.45 bits per heavy atom. The van der Waals surface area contributed by atoms with E-state index >= 15 is 0 Å². The molecule has 104 valence electrons. The van der Waals surface area contributed by atoms with Gasteiger partial charge in [-0.3, -0.25) is 10.1 Å². The average Bonchev–Trinajstić information content (AvgIpc) is 2.95. The molecule has 0 bridgehead atoms. The fraction of sp³-hybridized carbons (Fsp3) is 0.222. The van der Waals surface area contributed by atoms with Crippen LogP contribution in [0.4, 0.5) is 11.5 Å². The molecule has 2 heterocycles. The van der Waals surface area contributed by atoms with Crippen LogP contribution in [0.15, 0.2) is 12.7 Å². The summed E-state index contributed by atoms with van der Waals surface area (Å²) in [5.41, 5.74) is -0.378. The van der Waals surface area contributed by atoms with E-state index in [0.29, 0.717) is 0 Å². The third-order valence-electron chi connectivity index (χ3n) is 2.30. The van der Waals surface area contributed by atoms with Gasteiger partial charge >= 0.3 is 11.7 Å². The zero-order valence-corrected chi connectivity index (χ0v) is 10.5. The van der Waals surface area contributed by atoms with Gasteiger partial charge in [-0.05, 0) is 0 Å². The molecule has 0 saturated heterocycles. The topological polar surface area (TPSA) is 138 Å². The number of nitro groups is 1. The molecule has 11 heteroatoms. The Balaban J connectivity index is 2.55. The normalized spacial score (nSPS) is 10.1. The van der Waals surface area contributed by atoms with Crippen LogP contribution in [0.2, 0.25) is 0 Å². The summed E-state index contributed by atoms with van der Waals surface area (Å²) in [5.74, 6) is -1.08. The number of methoxy groups -OCH3 is 1. The maximum atomic E-state index is 11.3. The molecule has 0 aliphatic heterocycles. The van der Waals surface area contributed by atoms with Crippen molar-refractivity contribution in [3.8, 4) is 5.82 Å². The van der Waals surface area contributed by atoms with Crippen molar-refractivity contribution in [3.05, 3.63) is 28.6 Å². The van der Waals surface area contributed by atoms with E-state index in [0.717, 1.165) is 17.3 Å². The predicted molar refractivity (Wildman–Crippen MR) is 64.5 cm³/mol. The number of aromatic nitrogens is 5. The first kappa shape index (κ1) is 13.3. The summed E-state index contributed by atoms with van der Waals surface area (Å²) >= 11 is 0. The van der Waals surface area contributed by atoms with Crippen molar-refractivity contribution in [1.82, 2.24) is 24.7 Å². The standard InChI is InChI=1S/C9H9N7O4/c1-10-6-5(16(18)19)8(12-3-11-6)15-4-13-7(14-15)9(17)20-2/h3-4H,1-2H3,(H,10,11,12). The molecule has 2 aromatic heterocycles. The summed E-state index contributed by atoms with van der Waals surface area (Å²) in [4.78, 5) is 32.9. The summed E-state index contributed by atoms with van der Waals surface area (Å²) in [6.45, 7) is 0. The fourth-order valence-electron chi connectivity index (χ4n) is 1.44. The van der Waals surface area contributed by atoms with Crippen LogP contribution >= 0.6 is 0 Å². The summed E-state index contributed by atoms with van der Waals surface area (Å²) in [6, 6.07) is 0. The van der Waals surface area contributed by atoms with E-state index in [-0.39, 0.29) is 23.1 Å².